The number of benzene rings is 1. The lowest BCUT2D eigenvalue weighted by atomic mass is 10.1. The number of carbonyl (C=O) groups excluding carboxylic acids is 1. The van der Waals surface area contributed by atoms with Crippen LogP contribution in [0.3, 0.4) is 0 Å². The van der Waals surface area contributed by atoms with E-state index in [9.17, 15) is 9.18 Å². The molecular formula is C18H19FO4. The Balaban J connectivity index is 2.07. The average molecular weight is 318 g/mol. The van der Waals surface area contributed by atoms with Gasteiger partial charge in [0.1, 0.15) is 23.9 Å². The Labute approximate surface area is 134 Å². The van der Waals surface area contributed by atoms with Crippen LogP contribution in [0.25, 0.3) is 0 Å². The summed E-state index contributed by atoms with van der Waals surface area (Å²) in [5.41, 5.74) is 1.37. The molecule has 0 radical (unpaired) electrons. The van der Waals surface area contributed by atoms with E-state index in [4.69, 9.17) is 14.2 Å². The number of methoxy groups -OCH3 is 1. The van der Waals surface area contributed by atoms with Crippen LogP contribution in [0.1, 0.15) is 23.7 Å². The molecule has 0 saturated heterocycles. The van der Waals surface area contributed by atoms with Crippen molar-refractivity contribution >= 4 is 5.78 Å². The highest BCUT2D eigenvalue weighted by Crippen LogP contribution is 2.25. The molecule has 0 unspecified atom stereocenters. The van der Waals surface area contributed by atoms with Crippen molar-refractivity contribution in [2.75, 3.05) is 20.5 Å². The Bertz CT molecular complexity index is 659. The molecule has 1 aromatic carbocycles. The average Bonchev–Trinajstić information content (AvgIpc) is 2.75. The van der Waals surface area contributed by atoms with Gasteiger partial charge in [-0.25, -0.2) is 4.39 Å². The van der Waals surface area contributed by atoms with Crippen molar-refractivity contribution in [1.82, 2.24) is 0 Å². The summed E-state index contributed by atoms with van der Waals surface area (Å²) in [6.45, 7) is 1.85. The predicted octanol–water partition coefficient (Wildman–Crippen LogP) is 3.99. The van der Waals surface area contributed by atoms with Crippen molar-refractivity contribution in [3.05, 3.63) is 59.5 Å². The summed E-state index contributed by atoms with van der Waals surface area (Å²) >= 11 is 0. The van der Waals surface area contributed by atoms with Gasteiger partial charge in [-0.15, -0.1) is 0 Å². The van der Waals surface area contributed by atoms with Crippen molar-refractivity contribution in [3.8, 4) is 11.5 Å². The number of carbonyl (C=O) groups is 1. The van der Waals surface area contributed by atoms with E-state index in [-0.39, 0.29) is 18.4 Å². The molecule has 0 aliphatic heterocycles. The zero-order valence-corrected chi connectivity index (χ0v) is 13.2. The highest BCUT2D eigenvalue weighted by atomic mass is 19.1. The van der Waals surface area contributed by atoms with Crippen LogP contribution in [0.15, 0.2) is 53.9 Å². The molecule has 0 fully saturated rings. The molecule has 1 aliphatic rings. The SMILES string of the molecule is COCOc1ccc(OCC2=CC=C(F)C=CC2)cc1C(C)=O. The summed E-state index contributed by atoms with van der Waals surface area (Å²) in [6, 6.07) is 5.03. The molecule has 0 amide bonds. The van der Waals surface area contributed by atoms with Gasteiger partial charge in [-0.05, 0) is 49.3 Å². The minimum absolute atomic E-state index is 0.0671. The normalized spacial score (nSPS) is 13.9. The van der Waals surface area contributed by atoms with E-state index < -0.39 is 0 Å². The summed E-state index contributed by atoms with van der Waals surface area (Å²) in [6.07, 6.45) is 6.91. The van der Waals surface area contributed by atoms with Crippen LogP contribution >= 0.6 is 0 Å². The van der Waals surface area contributed by atoms with Crippen LogP contribution in [-0.4, -0.2) is 26.3 Å². The van der Waals surface area contributed by atoms with Gasteiger partial charge in [-0.2, -0.15) is 0 Å². The van der Waals surface area contributed by atoms with E-state index in [1.165, 1.54) is 26.2 Å². The molecule has 0 spiro atoms. The molecule has 0 saturated carbocycles. The molecule has 0 bridgehead atoms. The third-order valence-corrected chi connectivity index (χ3v) is 3.22. The van der Waals surface area contributed by atoms with E-state index >= 15 is 0 Å². The van der Waals surface area contributed by atoms with Crippen molar-refractivity contribution < 1.29 is 23.4 Å². The molecule has 0 N–H and O–H groups in total. The van der Waals surface area contributed by atoms with Crippen molar-refractivity contribution in [2.45, 2.75) is 13.3 Å². The van der Waals surface area contributed by atoms with E-state index in [1.54, 1.807) is 30.4 Å². The minimum atomic E-state index is -0.279. The number of ether oxygens (including phenoxy) is 3. The van der Waals surface area contributed by atoms with E-state index in [2.05, 4.69) is 0 Å². The Morgan fingerprint density at radius 3 is 2.83 bits per heavy atom. The molecule has 4 nitrogen and oxygen atoms in total. The third kappa shape index (κ3) is 5.07. The standard InChI is InChI=1S/C18H19FO4/c1-13(20)17-10-16(8-9-18(17)23-12-21-2)22-11-14-4-3-5-15(19)7-6-14/h3,5-10H,4,11-12H2,1-2H3. The lowest BCUT2D eigenvalue weighted by Crippen LogP contribution is -2.06. The maximum Gasteiger partial charge on any atom is 0.188 e. The summed E-state index contributed by atoms with van der Waals surface area (Å²) in [5.74, 6) is 0.605. The first-order valence-electron chi connectivity index (χ1n) is 7.21. The van der Waals surface area contributed by atoms with Crippen LogP contribution in [0, 0.1) is 0 Å². The molecule has 2 rings (SSSR count). The van der Waals surface area contributed by atoms with Gasteiger partial charge in [0.15, 0.2) is 12.6 Å². The smallest absolute Gasteiger partial charge is 0.188 e. The lowest BCUT2D eigenvalue weighted by molar-refractivity contribution is 0.0502. The summed E-state index contributed by atoms with van der Waals surface area (Å²) in [4.78, 5) is 11.7. The lowest BCUT2D eigenvalue weighted by Gasteiger charge is -2.12. The molecule has 1 aromatic rings. The monoisotopic (exact) mass is 318 g/mol. The zero-order chi connectivity index (χ0) is 16.7. The van der Waals surface area contributed by atoms with Crippen LogP contribution < -0.4 is 9.47 Å². The second-order valence-corrected chi connectivity index (χ2v) is 5.04. The first kappa shape index (κ1) is 17.0. The van der Waals surface area contributed by atoms with Crippen LogP contribution in [0.5, 0.6) is 11.5 Å². The van der Waals surface area contributed by atoms with E-state index in [0.717, 1.165) is 5.57 Å². The highest BCUT2D eigenvalue weighted by Gasteiger charge is 2.11. The molecule has 23 heavy (non-hydrogen) atoms. The molecule has 122 valence electrons. The van der Waals surface area contributed by atoms with Gasteiger partial charge in [0.2, 0.25) is 0 Å². The van der Waals surface area contributed by atoms with Crippen molar-refractivity contribution in [2.24, 2.45) is 0 Å². The van der Waals surface area contributed by atoms with Gasteiger partial charge in [-0.1, -0.05) is 12.2 Å². The van der Waals surface area contributed by atoms with Gasteiger partial charge in [0, 0.05) is 7.11 Å². The Morgan fingerprint density at radius 2 is 2.09 bits per heavy atom. The van der Waals surface area contributed by atoms with Crippen molar-refractivity contribution in [3.63, 3.8) is 0 Å². The number of hydrogen-bond donors (Lipinski definition) is 0. The van der Waals surface area contributed by atoms with Gasteiger partial charge in [-0.3, -0.25) is 4.79 Å². The second kappa shape index (κ2) is 8.29. The number of ketones is 1. The fourth-order valence-electron chi connectivity index (χ4n) is 2.05. The van der Waals surface area contributed by atoms with Gasteiger partial charge >= 0.3 is 0 Å². The van der Waals surface area contributed by atoms with Gasteiger partial charge in [0.25, 0.3) is 0 Å². The molecule has 1 aliphatic carbocycles. The fraction of sp³-hybridized carbons (Fsp3) is 0.278. The van der Waals surface area contributed by atoms with Gasteiger partial charge < -0.3 is 14.2 Å². The molecule has 0 heterocycles. The molecule has 5 heteroatoms. The second-order valence-electron chi connectivity index (χ2n) is 5.04. The van der Waals surface area contributed by atoms with Crippen LogP contribution in [0.2, 0.25) is 0 Å². The summed E-state index contributed by atoms with van der Waals surface area (Å²) in [5, 5.41) is 0. The Kier molecular flexibility index (Phi) is 6.11. The largest absolute Gasteiger partial charge is 0.489 e. The fourth-order valence-corrected chi connectivity index (χ4v) is 2.05. The minimum Gasteiger partial charge on any atom is -0.489 e. The Hall–Kier alpha value is -2.40. The van der Waals surface area contributed by atoms with E-state index in [1.807, 2.05) is 0 Å². The molecular weight excluding hydrogens is 299 g/mol. The topological polar surface area (TPSA) is 44.8 Å². The van der Waals surface area contributed by atoms with Gasteiger partial charge in [0.05, 0.1) is 5.56 Å². The van der Waals surface area contributed by atoms with Crippen LogP contribution in [-0.2, 0) is 4.74 Å². The van der Waals surface area contributed by atoms with E-state index in [0.29, 0.717) is 30.1 Å². The third-order valence-electron chi connectivity index (χ3n) is 3.22. The predicted molar refractivity (Wildman–Crippen MR) is 85.5 cm³/mol. The number of Topliss-reactive ketones (excluding diaryl/α,β-unsaturated/α-hetero) is 1. The first-order chi connectivity index (χ1) is 11.1. The first-order valence-corrected chi connectivity index (χ1v) is 7.21. The summed E-state index contributed by atoms with van der Waals surface area (Å²) in [7, 11) is 1.51. The molecule has 0 aromatic heterocycles. The number of rotatable bonds is 7. The molecule has 0 atom stereocenters. The van der Waals surface area contributed by atoms with Crippen molar-refractivity contribution in [1.29, 1.82) is 0 Å². The Morgan fingerprint density at radius 1 is 1.26 bits per heavy atom. The quantitative estimate of drug-likeness (QED) is 0.563. The maximum atomic E-state index is 13.1. The zero-order valence-electron chi connectivity index (χ0n) is 13.2. The van der Waals surface area contributed by atoms with Crippen LogP contribution in [0.4, 0.5) is 4.39 Å². The summed E-state index contributed by atoms with van der Waals surface area (Å²) < 4.78 is 29.0. The highest BCUT2D eigenvalue weighted by molar-refractivity contribution is 5.97. The number of hydrogen-bond acceptors (Lipinski definition) is 4. The maximum absolute atomic E-state index is 13.1. The number of allylic oxidation sites excluding steroid dienone is 5. The number of halogens is 1.